The van der Waals surface area contributed by atoms with Crippen LogP contribution in [-0.4, -0.2) is 46.9 Å². The molecular formula is C18H31NO2. The molecule has 0 aromatic heterocycles. The number of rotatable bonds is 1. The summed E-state index contributed by atoms with van der Waals surface area (Å²) in [6, 6.07) is 0.661. The zero-order valence-corrected chi connectivity index (χ0v) is 13.4. The summed E-state index contributed by atoms with van der Waals surface area (Å²) in [6.45, 7) is 3.26. The van der Waals surface area contributed by atoms with E-state index in [9.17, 15) is 5.11 Å². The Morgan fingerprint density at radius 3 is 2.62 bits per heavy atom. The quantitative estimate of drug-likeness (QED) is 0.806. The van der Waals surface area contributed by atoms with Crippen LogP contribution in [0.15, 0.2) is 0 Å². The van der Waals surface area contributed by atoms with Crippen molar-refractivity contribution in [3.8, 4) is 0 Å². The summed E-state index contributed by atoms with van der Waals surface area (Å²) >= 11 is 0. The Balaban J connectivity index is 1.47. The number of hydrogen-bond acceptors (Lipinski definition) is 3. The fourth-order valence-electron chi connectivity index (χ4n) is 5.67. The predicted octanol–water partition coefficient (Wildman–Crippen LogP) is 3.11. The standard InChI is InChI=1S/C18H31NO2/c20-18(9-11-19-10-4-5-16(19)14-18)15-6-12-21-17(13-15)7-2-1-3-8-17/h15-16,20H,1-14H2. The SMILES string of the molecule is OC1(C2CCOC3(CCCCC3)C2)CCN2CCCC2C1. The van der Waals surface area contributed by atoms with Gasteiger partial charge in [0.05, 0.1) is 11.2 Å². The van der Waals surface area contributed by atoms with E-state index in [1.54, 1.807) is 0 Å². The molecular weight excluding hydrogens is 262 g/mol. The Kier molecular flexibility index (Phi) is 3.79. The van der Waals surface area contributed by atoms with Crippen LogP contribution < -0.4 is 0 Å². The molecule has 1 N–H and O–H groups in total. The zero-order chi connectivity index (χ0) is 14.3. The van der Waals surface area contributed by atoms with Gasteiger partial charge in [0.2, 0.25) is 0 Å². The number of nitrogens with zero attached hydrogens (tertiary/aromatic N) is 1. The molecule has 1 aliphatic carbocycles. The van der Waals surface area contributed by atoms with Gasteiger partial charge in [0, 0.05) is 19.2 Å². The summed E-state index contributed by atoms with van der Waals surface area (Å²) in [5.74, 6) is 0.479. The molecule has 0 bridgehead atoms. The first-order chi connectivity index (χ1) is 10.2. The minimum absolute atomic E-state index is 0.129. The zero-order valence-electron chi connectivity index (χ0n) is 13.4. The molecule has 4 rings (SSSR count). The van der Waals surface area contributed by atoms with E-state index in [0.29, 0.717) is 12.0 Å². The number of piperidine rings is 1. The number of hydrogen-bond donors (Lipinski definition) is 1. The largest absolute Gasteiger partial charge is 0.389 e. The lowest BCUT2D eigenvalue weighted by Crippen LogP contribution is -2.55. The Bertz CT molecular complexity index is 374. The van der Waals surface area contributed by atoms with Crippen LogP contribution in [0.3, 0.4) is 0 Å². The number of aliphatic hydroxyl groups is 1. The maximum absolute atomic E-state index is 11.4. The molecule has 3 heteroatoms. The van der Waals surface area contributed by atoms with Gasteiger partial charge in [0.15, 0.2) is 0 Å². The molecule has 0 aromatic carbocycles. The fourth-order valence-corrected chi connectivity index (χ4v) is 5.67. The first kappa shape index (κ1) is 14.5. The van der Waals surface area contributed by atoms with E-state index >= 15 is 0 Å². The van der Waals surface area contributed by atoms with E-state index < -0.39 is 5.60 Å². The lowest BCUT2D eigenvalue weighted by Gasteiger charge is -2.51. The average Bonchev–Trinajstić information content (AvgIpc) is 2.95. The Hall–Kier alpha value is -0.120. The second-order valence-electron chi connectivity index (χ2n) is 8.17. The maximum atomic E-state index is 11.4. The Morgan fingerprint density at radius 1 is 0.905 bits per heavy atom. The van der Waals surface area contributed by atoms with Crippen LogP contribution in [0.25, 0.3) is 0 Å². The van der Waals surface area contributed by atoms with Crippen LogP contribution in [0.5, 0.6) is 0 Å². The average molecular weight is 293 g/mol. The molecule has 1 saturated carbocycles. The summed E-state index contributed by atoms with van der Waals surface area (Å²) in [4.78, 5) is 2.62. The maximum Gasteiger partial charge on any atom is 0.0704 e. The summed E-state index contributed by atoms with van der Waals surface area (Å²) in [7, 11) is 0. The van der Waals surface area contributed by atoms with Gasteiger partial charge < -0.3 is 14.7 Å². The van der Waals surface area contributed by atoms with Crippen molar-refractivity contribution in [2.24, 2.45) is 5.92 Å². The van der Waals surface area contributed by atoms with E-state index in [0.717, 1.165) is 38.8 Å². The summed E-state index contributed by atoms with van der Waals surface area (Å²) < 4.78 is 6.24. The van der Waals surface area contributed by atoms with Crippen LogP contribution in [0.4, 0.5) is 0 Å². The van der Waals surface area contributed by atoms with Crippen molar-refractivity contribution in [1.82, 2.24) is 4.90 Å². The summed E-state index contributed by atoms with van der Waals surface area (Å²) in [5, 5.41) is 11.4. The molecule has 0 amide bonds. The van der Waals surface area contributed by atoms with Crippen molar-refractivity contribution in [3.05, 3.63) is 0 Å². The van der Waals surface area contributed by atoms with Gasteiger partial charge in [-0.25, -0.2) is 0 Å². The van der Waals surface area contributed by atoms with Gasteiger partial charge in [0.1, 0.15) is 0 Å². The van der Waals surface area contributed by atoms with Gasteiger partial charge >= 0.3 is 0 Å². The molecule has 4 aliphatic rings. The van der Waals surface area contributed by atoms with E-state index in [2.05, 4.69) is 4.90 Å². The van der Waals surface area contributed by atoms with E-state index in [1.165, 1.54) is 51.5 Å². The van der Waals surface area contributed by atoms with Crippen LogP contribution in [0, 0.1) is 5.92 Å². The lowest BCUT2D eigenvalue weighted by atomic mass is 9.67. The van der Waals surface area contributed by atoms with Crippen molar-refractivity contribution < 1.29 is 9.84 Å². The minimum atomic E-state index is -0.403. The van der Waals surface area contributed by atoms with Crippen LogP contribution in [-0.2, 0) is 4.74 Å². The van der Waals surface area contributed by atoms with Crippen LogP contribution >= 0.6 is 0 Å². The molecule has 3 nitrogen and oxygen atoms in total. The molecule has 0 radical (unpaired) electrons. The highest BCUT2D eigenvalue weighted by molar-refractivity contribution is 5.02. The number of fused-ring (bicyclic) bond motifs is 1. The lowest BCUT2D eigenvalue weighted by molar-refractivity contribution is -0.170. The minimum Gasteiger partial charge on any atom is -0.389 e. The van der Waals surface area contributed by atoms with Crippen LogP contribution in [0.2, 0.25) is 0 Å². The van der Waals surface area contributed by atoms with Gasteiger partial charge in [-0.05, 0) is 63.8 Å². The van der Waals surface area contributed by atoms with Gasteiger partial charge in [-0.2, -0.15) is 0 Å². The fraction of sp³-hybridized carbons (Fsp3) is 1.00. The van der Waals surface area contributed by atoms with Crippen molar-refractivity contribution in [1.29, 1.82) is 0 Å². The second-order valence-corrected chi connectivity index (χ2v) is 8.17. The van der Waals surface area contributed by atoms with E-state index in [4.69, 9.17) is 4.74 Å². The molecule has 21 heavy (non-hydrogen) atoms. The molecule has 3 unspecified atom stereocenters. The predicted molar refractivity (Wildman–Crippen MR) is 83.3 cm³/mol. The summed E-state index contributed by atoms with van der Waals surface area (Å²) in [6.07, 6.45) is 13.3. The Morgan fingerprint density at radius 2 is 1.76 bits per heavy atom. The molecule has 120 valence electrons. The molecule has 0 aromatic rings. The van der Waals surface area contributed by atoms with Crippen molar-refractivity contribution >= 4 is 0 Å². The highest BCUT2D eigenvalue weighted by Gasteiger charge is 2.49. The van der Waals surface area contributed by atoms with E-state index in [1.807, 2.05) is 0 Å². The van der Waals surface area contributed by atoms with Gasteiger partial charge in [-0.15, -0.1) is 0 Å². The Labute approximate surface area is 129 Å². The van der Waals surface area contributed by atoms with E-state index in [-0.39, 0.29) is 5.60 Å². The molecule has 3 aliphatic heterocycles. The van der Waals surface area contributed by atoms with Crippen molar-refractivity contribution in [3.63, 3.8) is 0 Å². The highest BCUT2D eigenvalue weighted by atomic mass is 16.5. The monoisotopic (exact) mass is 293 g/mol. The van der Waals surface area contributed by atoms with Gasteiger partial charge in [0.25, 0.3) is 0 Å². The normalized spacial score (nSPS) is 43.9. The van der Waals surface area contributed by atoms with Crippen molar-refractivity contribution in [2.45, 2.75) is 87.9 Å². The van der Waals surface area contributed by atoms with Gasteiger partial charge in [-0.1, -0.05) is 19.3 Å². The number of ether oxygens (including phenoxy) is 1. The summed E-state index contributed by atoms with van der Waals surface area (Å²) in [5.41, 5.74) is -0.274. The molecule has 3 atom stereocenters. The smallest absolute Gasteiger partial charge is 0.0704 e. The molecule has 4 fully saturated rings. The first-order valence-electron chi connectivity index (χ1n) is 9.30. The van der Waals surface area contributed by atoms with Gasteiger partial charge in [-0.3, -0.25) is 0 Å². The molecule has 1 spiro atoms. The highest BCUT2D eigenvalue weighted by Crippen LogP contribution is 2.47. The molecule has 3 saturated heterocycles. The third-order valence-electron chi connectivity index (χ3n) is 6.94. The topological polar surface area (TPSA) is 32.7 Å². The van der Waals surface area contributed by atoms with Crippen LogP contribution in [0.1, 0.15) is 70.6 Å². The first-order valence-corrected chi connectivity index (χ1v) is 9.30. The third-order valence-corrected chi connectivity index (χ3v) is 6.94. The second kappa shape index (κ2) is 5.50. The third kappa shape index (κ3) is 2.66. The molecule has 3 heterocycles. The van der Waals surface area contributed by atoms with Crippen molar-refractivity contribution in [2.75, 3.05) is 19.7 Å².